The first-order valence-electron chi connectivity index (χ1n) is 8.55. The van der Waals surface area contributed by atoms with Gasteiger partial charge in [-0.1, -0.05) is 24.3 Å². The zero-order chi connectivity index (χ0) is 18.5. The Morgan fingerprint density at radius 2 is 2.08 bits per heavy atom. The zero-order valence-corrected chi connectivity index (χ0v) is 15.8. The van der Waals surface area contributed by atoms with Crippen LogP contribution in [0, 0.1) is 5.82 Å². The van der Waals surface area contributed by atoms with E-state index in [1.807, 2.05) is 41.1 Å². The normalized spacial score (nSPS) is 16.9. The van der Waals surface area contributed by atoms with Gasteiger partial charge in [-0.2, -0.15) is 0 Å². The Balaban J connectivity index is 1.61. The molecule has 3 rings (SSSR count). The van der Waals surface area contributed by atoms with Crippen LogP contribution in [0.25, 0.3) is 0 Å². The summed E-state index contributed by atoms with van der Waals surface area (Å²) < 4.78 is 18.4. The molecule has 2 aromatic carbocycles. The largest absolute Gasteiger partial charge is 0.497 e. The molecule has 0 saturated carbocycles. The van der Waals surface area contributed by atoms with Gasteiger partial charge in [-0.15, -0.1) is 11.8 Å². The van der Waals surface area contributed by atoms with E-state index >= 15 is 0 Å². The Morgan fingerprint density at radius 1 is 1.31 bits per heavy atom. The van der Waals surface area contributed by atoms with E-state index in [0.29, 0.717) is 13.1 Å². The summed E-state index contributed by atoms with van der Waals surface area (Å²) in [6.45, 7) is 1.74. The number of likely N-dealkylation sites (N-methyl/N-ethyl adjacent to an activating group) is 1. The molecule has 138 valence electrons. The Labute approximate surface area is 157 Å². The SMILES string of the molecule is COc1cccc(CN(C)CC(=O)N2CCS[C@@H]2c2ccc(F)cc2)c1. The van der Waals surface area contributed by atoms with Gasteiger partial charge in [-0.05, 0) is 42.4 Å². The van der Waals surface area contributed by atoms with Crippen molar-refractivity contribution in [1.29, 1.82) is 0 Å². The molecule has 1 heterocycles. The molecule has 0 aliphatic carbocycles. The van der Waals surface area contributed by atoms with E-state index in [1.165, 1.54) is 12.1 Å². The smallest absolute Gasteiger partial charge is 0.237 e. The fraction of sp³-hybridized carbons (Fsp3) is 0.350. The Kier molecular flexibility index (Phi) is 6.16. The maximum Gasteiger partial charge on any atom is 0.237 e. The molecule has 0 radical (unpaired) electrons. The Hall–Kier alpha value is -2.05. The highest BCUT2D eigenvalue weighted by Crippen LogP contribution is 2.37. The lowest BCUT2D eigenvalue weighted by Gasteiger charge is -2.26. The van der Waals surface area contributed by atoms with Crippen LogP contribution in [0.15, 0.2) is 48.5 Å². The molecule has 0 unspecified atom stereocenters. The quantitative estimate of drug-likeness (QED) is 0.774. The molecule has 0 spiro atoms. The van der Waals surface area contributed by atoms with E-state index < -0.39 is 0 Å². The van der Waals surface area contributed by atoms with E-state index in [9.17, 15) is 9.18 Å². The summed E-state index contributed by atoms with van der Waals surface area (Å²) in [5.41, 5.74) is 2.07. The second-order valence-corrected chi connectivity index (χ2v) is 7.57. The number of halogens is 1. The second kappa shape index (κ2) is 8.56. The van der Waals surface area contributed by atoms with Crippen molar-refractivity contribution in [3.63, 3.8) is 0 Å². The monoisotopic (exact) mass is 374 g/mol. The summed E-state index contributed by atoms with van der Waals surface area (Å²) in [5, 5.41) is -0.0340. The summed E-state index contributed by atoms with van der Waals surface area (Å²) in [6.07, 6.45) is 0. The summed E-state index contributed by atoms with van der Waals surface area (Å²) >= 11 is 1.72. The minimum atomic E-state index is -0.257. The third kappa shape index (κ3) is 4.56. The standard InChI is InChI=1S/C20H23FN2O2S/c1-22(13-15-4-3-5-18(12-15)25-2)14-19(24)23-10-11-26-20(23)16-6-8-17(21)9-7-16/h3-9,12,20H,10-11,13-14H2,1-2H3/t20-/m1/s1. The van der Waals surface area contributed by atoms with Crippen molar-refractivity contribution < 1.29 is 13.9 Å². The lowest BCUT2D eigenvalue weighted by Crippen LogP contribution is -2.38. The fourth-order valence-corrected chi connectivity index (χ4v) is 4.37. The van der Waals surface area contributed by atoms with Crippen LogP contribution in [0.4, 0.5) is 4.39 Å². The van der Waals surface area contributed by atoms with E-state index in [-0.39, 0.29) is 17.1 Å². The molecule has 1 aliphatic rings. The van der Waals surface area contributed by atoms with Crippen molar-refractivity contribution >= 4 is 17.7 Å². The van der Waals surface area contributed by atoms with Crippen LogP contribution in [0.1, 0.15) is 16.5 Å². The van der Waals surface area contributed by atoms with Crippen molar-refractivity contribution in [2.75, 3.05) is 33.0 Å². The molecule has 0 aromatic heterocycles. The highest BCUT2D eigenvalue weighted by molar-refractivity contribution is 7.99. The van der Waals surface area contributed by atoms with Gasteiger partial charge in [0.1, 0.15) is 16.9 Å². The molecule has 1 aliphatic heterocycles. The van der Waals surface area contributed by atoms with E-state index in [1.54, 1.807) is 31.0 Å². The van der Waals surface area contributed by atoms with Gasteiger partial charge < -0.3 is 9.64 Å². The van der Waals surface area contributed by atoms with Crippen molar-refractivity contribution in [3.8, 4) is 5.75 Å². The number of nitrogens with zero attached hydrogens (tertiary/aromatic N) is 2. The number of ether oxygens (including phenoxy) is 1. The third-order valence-corrected chi connectivity index (χ3v) is 5.62. The molecule has 0 N–H and O–H groups in total. The maximum atomic E-state index is 13.2. The van der Waals surface area contributed by atoms with Gasteiger partial charge >= 0.3 is 0 Å². The number of amides is 1. The summed E-state index contributed by atoms with van der Waals surface area (Å²) in [6, 6.07) is 14.3. The number of benzene rings is 2. The van der Waals surface area contributed by atoms with Crippen LogP contribution < -0.4 is 4.74 Å². The van der Waals surface area contributed by atoms with Gasteiger partial charge in [0.05, 0.1) is 13.7 Å². The maximum absolute atomic E-state index is 13.2. The van der Waals surface area contributed by atoms with Crippen molar-refractivity contribution in [1.82, 2.24) is 9.80 Å². The number of carbonyl (C=O) groups is 1. The molecule has 1 fully saturated rings. The molecule has 4 nitrogen and oxygen atoms in total. The van der Waals surface area contributed by atoms with Gasteiger partial charge in [0, 0.05) is 18.8 Å². The molecule has 0 bridgehead atoms. The highest BCUT2D eigenvalue weighted by atomic mass is 32.2. The highest BCUT2D eigenvalue weighted by Gasteiger charge is 2.30. The lowest BCUT2D eigenvalue weighted by molar-refractivity contribution is -0.132. The molecule has 1 amide bonds. The van der Waals surface area contributed by atoms with E-state index in [0.717, 1.165) is 29.2 Å². The van der Waals surface area contributed by atoms with Gasteiger partial charge in [-0.25, -0.2) is 4.39 Å². The number of thioether (sulfide) groups is 1. The number of methoxy groups -OCH3 is 1. The van der Waals surface area contributed by atoms with Gasteiger partial charge in [-0.3, -0.25) is 9.69 Å². The summed E-state index contributed by atoms with van der Waals surface area (Å²) in [5.74, 6) is 1.55. The van der Waals surface area contributed by atoms with E-state index in [2.05, 4.69) is 0 Å². The van der Waals surface area contributed by atoms with Crippen molar-refractivity contribution in [2.45, 2.75) is 11.9 Å². The Morgan fingerprint density at radius 3 is 2.81 bits per heavy atom. The first-order chi connectivity index (χ1) is 12.6. The van der Waals surface area contributed by atoms with Crippen LogP contribution in [0.2, 0.25) is 0 Å². The number of carbonyl (C=O) groups excluding carboxylic acids is 1. The minimum Gasteiger partial charge on any atom is -0.497 e. The summed E-state index contributed by atoms with van der Waals surface area (Å²) in [4.78, 5) is 16.7. The molecule has 6 heteroatoms. The first kappa shape index (κ1) is 18.7. The molecular weight excluding hydrogens is 351 g/mol. The third-order valence-electron chi connectivity index (χ3n) is 4.36. The number of hydrogen-bond donors (Lipinski definition) is 0. The molecule has 1 saturated heterocycles. The van der Waals surface area contributed by atoms with Crippen molar-refractivity contribution in [3.05, 3.63) is 65.5 Å². The molecule has 2 aromatic rings. The first-order valence-corrected chi connectivity index (χ1v) is 9.59. The number of hydrogen-bond acceptors (Lipinski definition) is 4. The lowest BCUT2D eigenvalue weighted by atomic mass is 10.2. The van der Waals surface area contributed by atoms with Crippen LogP contribution in [0.5, 0.6) is 5.75 Å². The van der Waals surface area contributed by atoms with Crippen LogP contribution >= 0.6 is 11.8 Å². The molecular formula is C20H23FN2O2S. The van der Waals surface area contributed by atoms with Crippen LogP contribution in [-0.2, 0) is 11.3 Å². The Bertz CT molecular complexity index is 754. The topological polar surface area (TPSA) is 32.8 Å². The van der Waals surface area contributed by atoms with Crippen LogP contribution in [-0.4, -0.2) is 48.7 Å². The van der Waals surface area contributed by atoms with E-state index in [4.69, 9.17) is 4.74 Å². The second-order valence-electron chi connectivity index (χ2n) is 6.39. The summed E-state index contributed by atoms with van der Waals surface area (Å²) in [7, 11) is 3.58. The van der Waals surface area contributed by atoms with Crippen molar-refractivity contribution in [2.24, 2.45) is 0 Å². The predicted molar refractivity (Wildman–Crippen MR) is 103 cm³/mol. The molecule has 1 atom stereocenters. The fourth-order valence-electron chi connectivity index (χ4n) is 3.09. The van der Waals surface area contributed by atoms with Gasteiger partial charge in [0.25, 0.3) is 0 Å². The van der Waals surface area contributed by atoms with Gasteiger partial charge in [0.15, 0.2) is 0 Å². The molecule has 26 heavy (non-hydrogen) atoms. The average molecular weight is 374 g/mol. The average Bonchev–Trinajstić information content (AvgIpc) is 3.12. The van der Waals surface area contributed by atoms with Crippen LogP contribution in [0.3, 0.4) is 0 Å². The van der Waals surface area contributed by atoms with Gasteiger partial charge in [0.2, 0.25) is 5.91 Å². The zero-order valence-electron chi connectivity index (χ0n) is 15.0. The predicted octanol–water partition coefficient (Wildman–Crippen LogP) is 3.54. The number of rotatable bonds is 6. The minimum absolute atomic E-state index is 0.0340.